The maximum atomic E-state index is 12.1. The van der Waals surface area contributed by atoms with Gasteiger partial charge >= 0.3 is 0 Å². The molecule has 8 heteroatoms. The highest BCUT2D eigenvalue weighted by molar-refractivity contribution is 7.89. The molecule has 0 bridgehead atoms. The molecule has 2 aromatic heterocycles. The van der Waals surface area contributed by atoms with E-state index >= 15 is 0 Å². The topological polar surface area (TPSA) is 88.9 Å². The van der Waals surface area contributed by atoms with E-state index in [0.29, 0.717) is 5.82 Å². The van der Waals surface area contributed by atoms with Crippen molar-refractivity contribution in [1.82, 2.24) is 19.5 Å². The zero-order valence-electron chi connectivity index (χ0n) is 11.6. The highest BCUT2D eigenvalue weighted by atomic mass is 32.2. The number of hydrogen-bond acceptors (Lipinski definition) is 5. The number of hydrogen-bond donors (Lipinski definition) is 2. The molecule has 0 aliphatic rings. The molecule has 2 heterocycles. The molecule has 0 atom stereocenters. The van der Waals surface area contributed by atoms with Crippen LogP contribution >= 0.6 is 0 Å². The fourth-order valence-corrected chi connectivity index (χ4v) is 2.61. The van der Waals surface area contributed by atoms with E-state index in [0.717, 1.165) is 11.3 Å². The van der Waals surface area contributed by atoms with Crippen molar-refractivity contribution in [3.8, 4) is 0 Å². The van der Waals surface area contributed by atoms with Gasteiger partial charge < -0.3 is 5.32 Å². The lowest BCUT2D eigenvalue weighted by Gasteiger charge is -2.07. The van der Waals surface area contributed by atoms with Gasteiger partial charge in [-0.3, -0.25) is 4.68 Å². The molecule has 20 heavy (non-hydrogen) atoms. The van der Waals surface area contributed by atoms with Gasteiger partial charge in [0.1, 0.15) is 10.7 Å². The first-order valence-electron chi connectivity index (χ1n) is 6.05. The Hall–Kier alpha value is -1.93. The summed E-state index contributed by atoms with van der Waals surface area (Å²) in [5.41, 5.74) is 1.77. The van der Waals surface area contributed by atoms with Gasteiger partial charge in [0.25, 0.3) is 0 Å². The summed E-state index contributed by atoms with van der Waals surface area (Å²) in [5, 5.41) is 6.91. The summed E-state index contributed by atoms with van der Waals surface area (Å²) in [6, 6.07) is 3.13. The molecule has 0 aromatic carbocycles. The van der Waals surface area contributed by atoms with Crippen LogP contribution in [0.5, 0.6) is 0 Å². The second-order valence-corrected chi connectivity index (χ2v) is 6.10. The van der Waals surface area contributed by atoms with E-state index in [-0.39, 0.29) is 11.4 Å². The summed E-state index contributed by atoms with van der Waals surface area (Å²) >= 11 is 0. The summed E-state index contributed by atoms with van der Waals surface area (Å²) in [6.45, 7) is 2.09. The average Bonchev–Trinajstić information content (AvgIpc) is 2.77. The lowest BCUT2D eigenvalue weighted by molar-refractivity contribution is 0.580. The predicted octanol–water partition coefficient (Wildman–Crippen LogP) is 0.644. The van der Waals surface area contributed by atoms with Gasteiger partial charge in [-0.1, -0.05) is 0 Å². The molecule has 0 aliphatic carbocycles. The van der Waals surface area contributed by atoms with E-state index in [4.69, 9.17) is 0 Å². The Morgan fingerprint density at radius 3 is 2.55 bits per heavy atom. The van der Waals surface area contributed by atoms with Gasteiger partial charge in [-0.05, 0) is 19.1 Å². The quantitative estimate of drug-likeness (QED) is 0.845. The lowest BCUT2D eigenvalue weighted by atomic mass is 10.3. The Bertz CT molecular complexity index is 691. The van der Waals surface area contributed by atoms with E-state index in [1.54, 1.807) is 24.0 Å². The summed E-state index contributed by atoms with van der Waals surface area (Å²) in [6.07, 6.45) is 2.98. The fraction of sp³-hybridized carbons (Fsp3) is 0.333. The third kappa shape index (κ3) is 2.97. The van der Waals surface area contributed by atoms with Crippen molar-refractivity contribution in [3.63, 3.8) is 0 Å². The van der Waals surface area contributed by atoms with Crippen molar-refractivity contribution in [2.24, 2.45) is 7.05 Å². The number of sulfonamides is 1. The minimum absolute atomic E-state index is 0.137. The van der Waals surface area contributed by atoms with Gasteiger partial charge in [0.15, 0.2) is 0 Å². The van der Waals surface area contributed by atoms with Gasteiger partial charge in [-0.25, -0.2) is 18.1 Å². The smallest absolute Gasteiger partial charge is 0.242 e. The van der Waals surface area contributed by atoms with Crippen molar-refractivity contribution < 1.29 is 8.42 Å². The predicted molar refractivity (Wildman–Crippen MR) is 75.8 cm³/mol. The van der Waals surface area contributed by atoms with Crippen LogP contribution in [0.3, 0.4) is 0 Å². The van der Waals surface area contributed by atoms with Crippen LogP contribution in [0, 0.1) is 6.92 Å². The number of aryl methyl sites for hydroxylation is 1. The number of rotatable bonds is 5. The minimum atomic E-state index is -3.57. The molecule has 2 aromatic rings. The monoisotopic (exact) mass is 295 g/mol. The molecule has 2 N–H and O–H groups in total. The van der Waals surface area contributed by atoms with Crippen LogP contribution in [-0.4, -0.2) is 30.2 Å². The maximum Gasteiger partial charge on any atom is 0.242 e. The van der Waals surface area contributed by atoms with E-state index in [1.165, 1.54) is 12.3 Å². The van der Waals surface area contributed by atoms with Gasteiger partial charge in [-0.2, -0.15) is 5.10 Å². The molecule has 2 rings (SSSR count). The van der Waals surface area contributed by atoms with E-state index < -0.39 is 10.0 Å². The molecular weight excluding hydrogens is 278 g/mol. The first-order valence-corrected chi connectivity index (χ1v) is 7.53. The fourth-order valence-electron chi connectivity index (χ4n) is 1.66. The zero-order chi connectivity index (χ0) is 14.8. The molecule has 7 nitrogen and oxygen atoms in total. The summed E-state index contributed by atoms with van der Waals surface area (Å²) < 4.78 is 28.5. The SMILES string of the molecule is CNc1ccc(S(=O)(=O)NCc2cnn(C)c2C)cn1. The number of anilines is 1. The Morgan fingerprint density at radius 1 is 1.30 bits per heavy atom. The Labute approximate surface area is 118 Å². The van der Waals surface area contributed by atoms with Gasteiger partial charge in [0, 0.05) is 38.1 Å². The van der Waals surface area contributed by atoms with Crippen LogP contribution < -0.4 is 10.0 Å². The largest absolute Gasteiger partial charge is 0.373 e. The third-order valence-corrected chi connectivity index (χ3v) is 4.48. The van der Waals surface area contributed by atoms with Crippen LogP contribution in [0.25, 0.3) is 0 Å². The van der Waals surface area contributed by atoms with Gasteiger partial charge in [0.05, 0.1) is 6.20 Å². The lowest BCUT2D eigenvalue weighted by Crippen LogP contribution is -2.23. The second kappa shape index (κ2) is 5.59. The van der Waals surface area contributed by atoms with Gasteiger partial charge in [-0.15, -0.1) is 0 Å². The normalized spacial score (nSPS) is 11.6. The number of pyridine rings is 1. The summed E-state index contributed by atoms with van der Waals surface area (Å²) in [5.74, 6) is 0.618. The summed E-state index contributed by atoms with van der Waals surface area (Å²) in [7, 11) is -0.0329. The third-order valence-electron chi connectivity index (χ3n) is 3.09. The highest BCUT2D eigenvalue weighted by Gasteiger charge is 2.15. The molecule has 0 unspecified atom stereocenters. The molecule has 108 valence electrons. The molecule has 0 aliphatic heterocycles. The minimum Gasteiger partial charge on any atom is -0.373 e. The van der Waals surface area contributed by atoms with Crippen molar-refractivity contribution in [1.29, 1.82) is 0 Å². The molecular formula is C12H17N5O2S. The van der Waals surface area contributed by atoms with Crippen LogP contribution in [0.4, 0.5) is 5.82 Å². The Morgan fingerprint density at radius 2 is 2.05 bits per heavy atom. The Balaban J connectivity index is 2.12. The van der Waals surface area contributed by atoms with Crippen molar-refractivity contribution >= 4 is 15.8 Å². The molecule has 0 amide bonds. The van der Waals surface area contributed by atoms with E-state index in [1.807, 2.05) is 14.0 Å². The standard InChI is InChI=1S/C12H17N5O2S/c1-9-10(6-15-17(9)3)7-16-20(18,19)11-4-5-12(13-2)14-8-11/h4-6,8,16H,7H2,1-3H3,(H,13,14). The number of aromatic nitrogens is 3. The van der Waals surface area contributed by atoms with Crippen molar-refractivity contribution in [2.45, 2.75) is 18.4 Å². The average molecular weight is 295 g/mol. The van der Waals surface area contributed by atoms with Crippen LogP contribution in [0.1, 0.15) is 11.3 Å². The van der Waals surface area contributed by atoms with Gasteiger partial charge in [0.2, 0.25) is 10.0 Å². The first-order chi connectivity index (χ1) is 9.44. The molecule has 0 saturated heterocycles. The molecule has 0 saturated carbocycles. The Kier molecular flexibility index (Phi) is 4.05. The van der Waals surface area contributed by atoms with Crippen molar-refractivity contribution in [3.05, 3.63) is 35.8 Å². The highest BCUT2D eigenvalue weighted by Crippen LogP contribution is 2.12. The maximum absolute atomic E-state index is 12.1. The second-order valence-electron chi connectivity index (χ2n) is 4.33. The molecule has 0 radical (unpaired) electrons. The summed E-state index contributed by atoms with van der Waals surface area (Å²) in [4.78, 5) is 4.13. The number of nitrogens with zero attached hydrogens (tertiary/aromatic N) is 3. The van der Waals surface area contributed by atoms with E-state index in [2.05, 4.69) is 20.1 Å². The van der Waals surface area contributed by atoms with Crippen LogP contribution in [0.2, 0.25) is 0 Å². The van der Waals surface area contributed by atoms with Crippen molar-refractivity contribution in [2.75, 3.05) is 12.4 Å². The van der Waals surface area contributed by atoms with Crippen LogP contribution in [-0.2, 0) is 23.6 Å². The van der Waals surface area contributed by atoms with Crippen LogP contribution in [0.15, 0.2) is 29.4 Å². The first kappa shape index (κ1) is 14.5. The number of nitrogens with one attached hydrogen (secondary N) is 2. The molecule has 0 spiro atoms. The zero-order valence-corrected chi connectivity index (χ0v) is 12.4. The van der Waals surface area contributed by atoms with E-state index in [9.17, 15) is 8.42 Å². The molecule has 0 fully saturated rings.